The zero-order valence-electron chi connectivity index (χ0n) is 27.5. The molecule has 1 aromatic carbocycles. The van der Waals surface area contributed by atoms with E-state index in [0.29, 0.717) is 57.4 Å². The van der Waals surface area contributed by atoms with Crippen LogP contribution in [0.1, 0.15) is 83.4 Å². The Morgan fingerprint density at radius 2 is 1.81 bits per heavy atom. The molecule has 47 heavy (non-hydrogen) atoms. The van der Waals surface area contributed by atoms with E-state index < -0.39 is 47.5 Å². The van der Waals surface area contributed by atoms with Gasteiger partial charge in [0, 0.05) is 25.6 Å². The van der Waals surface area contributed by atoms with E-state index in [4.69, 9.17) is 4.74 Å². The van der Waals surface area contributed by atoms with Gasteiger partial charge in [-0.15, -0.1) is 0 Å². The molecule has 2 fully saturated rings. The van der Waals surface area contributed by atoms with Gasteiger partial charge < -0.3 is 30.7 Å². The summed E-state index contributed by atoms with van der Waals surface area (Å²) in [6.07, 6.45) is 4.44. The lowest BCUT2D eigenvalue weighted by atomic mass is 9.94. The highest BCUT2D eigenvalue weighted by molar-refractivity contribution is 5.99. The second kappa shape index (κ2) is 16.5. The smallest absolute Gasteiger partial charge is 0.246 e. The Morgan fingerprint density at radius 3 is 2.49 bits per heavy atom. The van der Waals surface area contributed by atoms with Crippen LogP contribution < -0.4 is 20.7 Å². The Morgan fingerprint density at radius 1 is 1.04 bits per heavy atom. The van der Waals surface area contributed by atoms with Gasteiger partial charge in [-0.05, 0) is 75.8 Å². The van der Waals surface area contributed by atoms with Gasteiger partial charge >= 0.3 is 0 Å². The highest BCUT2D eigenvalue weighted by atomic mass is 16.5. The van der Waals surface area contributed by atoms with Crippen molar-refractivity contribution in [2.24, 2.45) is 0 Å². The summed E-state index contributed by atoms with van der Waals surface area (Å²) in [5.41, 5.74) is 0.245. The SMILES string of the molecule is CC[C@]1(C)NC(=O)[C@H](CCCCCC(=O)[C@@H](C)O)NC(=O)[C@H]2CCCN2C(=O)[C@H](Cc2ccc(OCc3ccccn3)cc2)NC1=O. The quantitative estimate of drug-likeness (QED) is 0.240. The monoisotopic (exact) mass is 649 g/mol. The summed E-state index contributed by atoms with van der Waals surface area (Å²) in [5.74, 6) is -1.32. The number of benzene rings is 1. The lowest BCUT2D eigenvalue weighted by Crippen LogP contribution is -2.65. The van der Waals surface area contributed by atoms with Crippen molar-refractivity contribution < 1.29 is 33.8 Å². The zero-order valence-corrected chi connectivity index (χ0v) is 27.5. The number of fused-ring (bicyclic) bond motifs is 1. The molecule has 4 amide bonds. The number of Topliss-reactive ketones (excluding diaryl/α,β-unsaturated/α-hetero) is 1. The van der Waals surface area contributed by atoms with Crippen LogP contribution in [-0.4, -0.2) is 80.7 Å². The number of nitrogens with one attached hydrogen (secondary N) is 3. The van der Waals surface area contributed by atoms with Gasteiger partial charge in [0.2, 0.25) is 23.6 Å². The Labute approximate surface area is 276 Å². The predicted molar refractivity (Wildman–Crippen MR) is 174 cm³/mol. The lowest BCUT2D eigenvalue weighted by Gasteiger charge is -2.36. The molecule has 12 nitrogen and oxygen atoms in total. The molecule has 3 heterocycles. The first kappa shape index (κ1) is 35.5. The third-order valence-corrected chi connectivity index (χ3v) is 9.04. The first-order valence-corrected chi connectivity index (χ1v) is 16.6. The van der Waals surface area contributed by atoms with E-state index in [-0.39, 0.29) is 31.0 Å². The number of pyridine rings is 1. The number of ketones is 1. The van der Waals surface area contributed by atoms with Gasteiger partial charge in [-0.3, -0.25) is 29.0 Å². The fourth-order valence-electron chi connectivity index (χ4n) is 5.85. The summed E-state index contributed by atoms with van der Waals surface area (Å²) in [5, 5.41) is 18.0. The summed E-state index contributed by atoms with van der Waals surface area (Å²) in [7, 11) is 0. The van der Waals surface area contributed by atoms with Gasteiger partial charge in [0.15, 0.2) is 5.78 Å². The average Bonchev–Trinajstić information content (AvgIpc) is 3.56. The Hall–Kier alpha value is -4.32. The summed E-state index contributed by atoms with van der Waals surface area (Å²) in [4.78, 5) is 72.5. The maximum atomic E-state index is 14.0. The van der Waals surface area contributed by atoms with E-state index in [9.17, 15) is 29.1 Å². The number of nitrogens with zero attached hydrogens (tertiary/aromatic N) is 2. The normalized spacial score (nSPS) is 24.3. The lowest BCUT2D eigenvalue weighted by molar-refractivity contribution is -0.144. The van der Waals surface area contributed by atoms with Gasteiger partial charge in [-0.25, -0.2) is 0 Å². The molecule has 0 saturated carbocycles. The number of carbonyl (C=O) groups excluding carboxylic acids is 5. The molecular weight excluding hydrogens is 602 g/mol. The fourth-order valence-corrected chi connectivity index (χ4v) is 5.85. The van der Waals surface area contributed by atoms with Gasteiger partial charge in [0.25, 0.3) is 0 Å². The van der Waals surface area contributed by atoms with Crippen molar-refractivity contribution in [2.75, 3.05) is 6.54 Å². The maximum Gasteiger partial charge on any atom is 0.246 e. The van der Waals surface area contributed by atoms with Gasteiger partial charge in [-0.2, -0.15) is 0 Å². The van der Waals surface area contributed by atoms with E-state index in [0.717, 1.165) is 11.3 Å². The van der Waals surface area contributed by atoms with Crippen LogP contribution in [0.2, 0.25) is 0 Å². The van der Waals surface area contributed by atoms with Gasteiger partial charge in [0.05, 0.1) is 5.69 Å². The molecule has 254 valence electrons. The topological polar surface area (TPSA) is 167 Å². The van der Waals surface area contributed by atoms with E-state index >= 15 is 0 Å². The molecule has 4 rings (SSSR count). The molecule has 5 atom stereocenters. The molecule has 1 aromatic heterocycles. The highest BCUT2D eigenvalue weighted by Crippen LogP contribution is 2.23. The number of hydrogen-bond acceptors (Lipinski definition) is 8. The van der Waals surface area contributed by atoms with E-state index in [1.54, 1.807) is 32.2 Å². The van der Waals surface area contributed by atoms with Gasteiger partial charge in [0.1, 0.15) is 42.1 Å². The van der Waals surface area contributed by atoms with Crippen molar-refractivity contribution in [1.82, 2.24) is 25.8 Å². The average molecular weight is 650 g/mol. The van der Waals surface area contributed by atoms with Crippen LogP contribution in [-0.2, 0) is 37.0 Å². The summed E-state index contributed by atoms with van der Waals surface area (Å²) < 4.78 is 5.84. The third-order valence-electron chi connectivity index (χ3n) is 9.04. The van der Waals surface area contributed by atoms with E-state index in [2.05, 4.69) is 20.9 Å². The summed E-state index contributed by atoms with van der Waals surface area (Å²) in [6.45, 7) is 5.49. The molecular formula is C35H47N5O7. The largest absolute Gasteiger partial charge is 0.487 e. The van der Waals surface area contributed by atoms with E-state index in [1.165, 1.54) is 11.8 Å². The van der Waals surface area contributed by atoms with Crippen molar-refractivity contribution in [1.29, 1.82) is 0 Å². The Balaban J connectivity index is 1.48. The highest BCUT2D eigenvalue weighted by Gasteiger charge is 2.43. The molecule has 0 bridgehead atoms. The molecule has 2 saturated heterocycles. The van der Waals surface area contributed by atoms with Crippen LogP contribution in [0, 0.1) is 0 Å². The number of aromatic nitrogens is 1. The number of rotatable bonds is 13. The number of hydrogen-bond donors (Lipinski definition) is 4. The number of aliphatic hydroxyl groups excluding tert-OH is 1. The van der Waals surface area contributed by atoms with Crippen LogP contribution >= 0.6 is 0 Å². The second-order valence-electron chi connectivity index (χ2n) is 12.7. The molecule has 2 aliphatic heterocycles. The van der Waals surface area contributed by atoms with Gasteiger partial charge in [-0.1, -0.05) is 38.0 Å². The van der Waals surface area contributed by atoms with Crippen molar-refractivity contribution in [3.63, 3.8) is 0 Å². The fraction of sp³-hybridized carbons (Fsp3) is 0.543. The summed E-state index contributed by atoms with van der Waals surface area (Å²) >= 11 is 0. The zero-order chi connectivity index (χ0) is 34.0. The molecule has 4 N–H and O–H groups in total. The number of aliphatic hydroxyl groups is 1. The Kier molecular flexibility index (Phi) is 12.5. The van der Waals surface area contributed by atoms with Crippen LogP contribution in [0.15, 0.2) is 48.7 Å². The minimum atomic E-state index is -1.34. The van der Waals surface area contributed by atoms with Crippen molar-refractivity contribution in [3.05, 3.63) is 59.9 Å². The van der Waals surface area contributed by atoms with Crippen LogP contribution in [0.3, 0.4) is 0 Å². The maximum absolute atomic E-state index is 14.0. The van der Waals surface area contributed by atoms with E-state index in [1.807, 2.05) is 30.3 Å². The van der Waals surface area contributed by atoms with Crippen LogP contribution in [0.4, 0.5) is 0 Å². The second-order valence-corrected chi connectivity index (χ2v) is 12.7. The molecule has 0 aliphatic carbocycles. The first-order valence-electron chi connectivity index (χ1n) is 16.6. The number of unbranched alkanes of at least 4 members (excludes halogenated alkanes) is 2. The van der Waals surface area contributed by atoms with Crippen molar-refractivity contribution in [2.45, 2.75) is 115 Å². The third kappa shape index (κ3) is 9.60. The molecule has 2 aromatic rings. The number of carbonyl (C=O) groups is 5. The van der Waals surface area contributed by atoms with Crippen molar-refractivity contribution >= 4 is 29.4 Å². The molecule has 2 aliphatic rings. The van der Waals surface area contributed by atoms with Crippen LogP contribution in [0.25, 0.3) is 0 Å². The number of amides is 4. The molecule has 0 spiro atoms. The Bertz CT molecular complexity index is 1400. The van der Waals surface area contributed by atoms with Crippen LogP contribution in [0.5, 0.6) is 5.75 Å². The minimum absolute atomic E-state index is 0.184. The molecule has 0 unspecified atom stereocenters. The molecule has 12 heteroatoms. The molecule has 0 radical (unpaired) electrons. The predicted octanol–water partition coefficient (Wildman–Crippen LogP) is 2.36. The van der Waals surface area contributed by atoms with Crippen molar-refractivity contribution in [3.8, 4) is 5.75 Å². The summed E-state index contributed by atoms with van der Waals surface area (Å²) in [6, 6.07) is 10.2. The standard InChI is InChI=1S/C35H47N5O7/c1-4-35(3)34(46)38-28(21-24-15-17-26(18-16-24)47-22-25-11-8-9-19-36-25)33(45)40-20-10-13-29(40)32(44)37-27(31(43)39-35)12-6-5-7-14-30(42)23(2)41/h8-9,11,15-19,23,27-29,41H,4-7,10,12-14,20-22H2,1-3H3,(H,37,44)(H,38,46)(H,39,43)/t23-,27+,28+,29-,35+/m1/s1. The minimum Gasteiger partial charge on any atom is -0.487 e. The number of ether oxygens (including phenoxy) is 1. The first-order chi connectivity index (χ1) is 22.5.